The molecular formula is C21H22Cl2N4. The zero-order chi connectivity index (χ0) is 18.6. The van der Waals surface area contributed by atoms with Gasteiger partial charge in [-0.3, -0.25) is 0 Å². The second-order valence-corrected chi connectivity index (χ2v) is 7.82. The molecule has 1 aromatic heterocycles. The third-order valence-electron chi connectivity index (χ3n) is 4.99. The zero-order valence-electron chi connectivity index (χ0n) is 15.0. The lowest BCUT2D eigenvalue weighted by Crippen LogP contribution is -2.25. The van der Waals surface area contributed by atoms with Crippen LogP contribution in [0.2, 0.25) is 10.0 Å². The summed E-state index contributed by atoms with van der Waals surface area (Å²) in [5.41, 5.74) is 4.02. The van der Waals surface area contributed by atoms with Gasteiger partial charge in [0, 0.05) is 18.2 Å². The van der Waals surface area contributed by atoms with Gasteiger partial charge in [-0.2, -0.15) is 15.0 Å². The molecule has 1 aliphatic rings. The molecule has 140 valence electrons. The fourth-order valence-corrected chi connectivity index (χ4v) is 3.89. The first kappa shape index (κ1) is 18.5. The molecule has 1 N–H and O–H groups in total. The Kier molecular flexibility index (Phi) is 5.77. The number of nitrogens with zero attached hydrogens (tertiary/aromatic N) is 3. The van der Waals surface area contributed by atoms with Gasteiger partial charge >= 0.3 is 0 Å². The summed E-state index contributed by atoms with van der Waals surface area (Å²) in [5.74, 6) is 0. The molecule has 4 rings (SSSR count). The lowest BCUT2D eigenvalue weighted by Gasteiger charge is -2.10. The van der Waals surface area contributed by atoms with Crippen LogP contribution in [0.3, 0.4) is 0 Å². The van der Waals surface area contributed by atoms with Crippen LogP contribution in [0, 0.1) is 0 Å². The topological polar surface area (TPSA) is 42.7 Å². The normalized spacial score (nSPS) is 14.7. The van der Waals surface area contributed by atoms with Crippen molar-refractivity contribution in [2.45, 2.75) is 44.8 Å². The average molecular weight is 401 g/mol. The summed E-state index contributed by atoms with van der Waals surface area (Å²) in [7, 11) is 0. The van der Waals surface area contributed by atoms with Gasteiger partial charge in [-0.25, -0.2) is 0 Å². The van der Waals surface area contributed by atoms with E-state index >= 15 is 0 Å². The van der Waals surface area contributed by atoms with Crippen LogP contribution in [0.4, 0.5) is 0 Å². The summed E-state index contributed by atoms with van der Waals surface area (Å²) in [6, 6.07) is 16.4. The largest absolute Gasteiger partial charge is 0.308 e. The molecule has 2 aromatic carbocycles. The highest BCUT2D eigenvalue weighted by molar-refractivity contribution is 6.42. The Hall–Kier alpha value is -1.88. The molecule has 0 radical (unpaired) electrons. The lowest BCUT2D eigenvalue weighted by atomic mass is 10.1. The van der Waals surface area contributed by atoms with Gasteiger partial charge in [0.05, 0.1) is 16.6 Å². The molecule has 0 amide bonds. The minimum Gasteiger partial charge on any atom is -0.308 e. The van der Waals surface area contributed by atoms with Crippen LogP contribution >= 0.6 is 23.2 Å². The maximum atomic E-state index is 6.14. The summed E-state index contributed by atoms with van der Waals surface area (Å²) in [6.07, 6.45) is 5.12. The van der Waals surface area contributed by atoms with E-state index in [0.717, 1.165) is 29.1 Å². The predicted molar refractivity (Wildman–Crippen MR) is 110 cm³/mol. The van der Waals surface area contributed by atoms with E-state index in [-0.39, 0.29) is 0 Å². The molecule has 1 fully saturated rings. The monoisotopic (exact) mass is 400 g/mol. The minimum absolute atomic E-state index is 0.549. The third-order valence-corrected chi connectivity index (χ3v) is 5.73. The van der Waals surface area contributed by atoms with Crippen molar-refractivity contribution < 1.29 is 0 Å². The summed E-state index contributed by atoms with van der Waals surface area (Å²) >= 11 is 12.2. The van der Waals surface area contributed by atoms with Gasteiger partial charge in [-0.1, -0.05) is 72.4 Å². The Morgan fingerprint density at radius 2 is 1.74 bits per heavy atom. The molecule has 0 atom stereocenters. The van der Waals surface area contributed by atoms with Gasteiger partial charge in [0.2, 0.25) is 0 Å². The van der Waals surface area contributed by atoms with Crippen LogP contribution in [0.15, 0.2) is 48.5 Å². The van der Waals surface area contributed by atoms with E-state index in [1.807, 2.05) is 36.4 Å². The Balaban J connectivity index is 1.59. The van der Waals surface area contributed by atoms with E-state index in [1.165, 1.54) is 25.7 Å². The third kappa shape index (κ3) is 4.52. The van der Waals surface area contributed by atoms with E-state index in [0.29, 0.717) is 22.6 Å². The molecule has 1 heterocycles. The van der Waals surface area contributed by atoms with Crippen LogP contribution in [0.5, 0.6) is 0 Å². The highest BCUT2D eigenvalue weighted by Gasteiger charge is 2.18. The number of benzene rings is 2. The van der Waals surface area contributed by atoms with Crippen molar-refractivity contribution in [1.29, 1.82) is 0 Å². The second kappa shape index (κ2) is 8.42. The standard InChI is InChI=1S/C21H22Cl2N4/c22-18-11-10-15(12-19(18)23)14-27-25-20(13-24-17-8-4-5-9-17)21(26-27)16-6-2-1-3-7-16/h1-3,6-7,10-12,17,24H,4-5,8-9,13-14H2. The predicted octanol–water partition coefficient (Wildman–Crippen LogP) is 5.33. The van der Waals surface area contributed by atoms with Crippen LogP contribution in [-0.2, 0) is 13.1 Å². The highest BCUT2D eigenvalue weighted by Crippen LogP contribution is 2.25. The van der Waals surface area contributed by atoms with Gasteiger partial charge in [0.1, 0.15) is 11.4 Å². The first-order chi connectivity index (χ1) is 13.2. The van der Waals surface area contributed by atoms with Crippen molar-refractivity contribution in [3.05, 3.63) is 69.8 Å². The number of halogens is 2. The molecule has 6 heteroatoms. The SMILES string of the molecule is Clc1ccc(Cn2nc(CNC3CCCC3)c(-c3ccccc3)n2)cc1Cl. The molecule has 1 saturated carbocycles. The van der Waals surface area contributed by atoms with Gasteiger partial charge < -0.3 is 5.32 Å². The maximum Gasteiger partial charge on any atom is 0.117 e. The van der Waals surface area contributed by atoms with Crippen LogP contribution in [0.25, 0.3) is 11.3 Å². The Labute approximate surface area is 169 Å². The van der Waals surface area contributed by atoms with E-state index in [4.69, 9.17) is 33.4 Å². The number of rotatable bonds is 6. The van der Waals surface area contributed by atoms with E-state index in [9.17, 15) is 0 Å². The van der Waals surface area contributed by atoms with Crippen molar-refractivity contribution in [2.24, 2.45) is 0 Å². The van der Waals surface area contributed by atoms with Gasteiger partial charge in [0.25, 0.3) is 0 Å². The van der Waals surface area contributed by atoms with Gasteiger partial charge in [-0.15, -0.1) is 0 Å². The smallest absolute Gasteiger partial charge is 0.117 e. The molecule has 0 bridgehead atoms. The van der Waals surface area contributed by atoms with Gasteiger partial charge in [-0.05, 0) is 30.5 Å². The molecule has 3 aromatic rings. The summed E-state index contributed by atoms with van der Waals surface area (Å²) in [4.78, 5) is 1.74. The first-order valence-corrected chi connectivity index (χ1v) is 10.1. The van der Waals surface area contributed by atoms with Crippen molar-refractivity contribution in [1.82, 2.24) is 20.3 Å². The fraction of sp³-hybridized carbons (Fsp3) is 0.333. The van der Waals surface area contributed by atoms with Crippen LogP contribution in [0.1, 0.15) is 36.9 Å². The highest BCUT2D eigenvalue weighted by atomic mass is 35.5. The summed E-state index contributed by atoms with van der Waals surface area (Å²) in [5, 5.41) is 14.3. The molecule has 0 spiro atoms. The molecule has 1 aliphatic carbocycles. The Morgan fingerprint density at radius 1 is 0.963 bits per heavy atom. The van der Waals surface area contributed by atoms with Gasteiger partial charge in [0.15, 0.2) is 0 Å². The quantitative estimate of drug-likeness (QED) is 0.607. The molecule has 0 aliphatic heterocycles. The minimum atomic E-state index is 0.549. The second-order valence-electron chi connectivity index (χ2n) is 7.00. The van der Waals surface area contributed by atoms with Crippen molar-refractivity contribution in [3.8, 4) is 11.3 Å². The summed E-state index contributed by atoms with van der Waals surface area (Å²) in [6.45, 7) is 1.29. The van der Waals surface area contributed by atoms with Crippen molar-refractivity contribution in [3.63, 3.8) is 0 Å². The number of aromatic nitrogens is 3. The Morgan fingerprint density at radius 3 is 2.48 bits per heavy atom. The molecule has 0 saturated heterocycles. The number of hydrogen-bond acceptors (Lipinski definition) is 3. The van der Waals surface area contributed by atoms with Crippen molar-refractivity contribution in [2.75, 3.05) is 0 Å². The molecule has 0 unspecified atom stereocenters. The van der Waals surface area contributed by atoms with E-state index < -0.39 is 0 Å². The molecule has 27 heavy (non-hydrogen) atoms. The number of nitrogens with one attached hydrogen (secondary N) is 1. The van der Waals surface area contributed by atoms with E-state index in [1.54, 1.807) is 4.80 Å². The average Bonchev–Trinajstić information content (AvgIpc) is 3.33. The zero-order valence-corrected chi connectivity index (χ0v) is 16.5. The van der Waals surface area contributed by atoms with Crippen molar-refractivity contribution >= 4 is 23.2 Å². The van der Waals surface area contributed by atoms with Crippen LogP contribution in [-0.4, -0.2) is 21.0 Å². The number of hydrogen-bond donors (Lipinski definition) is 1. The van der Waals surface area contributed by atoms with E-state index in [2.05, 4.69) is 17.4 Å². The Bertz CT molecular complexity index is 902. The lowest BCUT2D eigenvalue weighted by molar-refractivity contribution is 0.511. The van der Waals surface area contributed by atoms with Crippen LogP contribution < -0.4 is 5.32 Å². The fourth-order valence-electron chi connectivity index (χ4n) is 3.56. The molecule has 4 nitrogen and oxygen atoms in total. The summed E-state index contributed by atoms with van der Waals surface area (Å²) < 4.78 is 0. The first-order valence-electron chi connectivity index (χ1n) is 9.36. The molecular weight excluding hydrogens is 379 g/mol. The maximum absolute atomic E-state index is 6.14.